The minimum absolute atomic E-state index is 0.613. The fraction of sp³-hybridized carbons (Fsp3) is 0.625. The van der Waals surface area contributed by atoms with Crippen molar-refractivity contribution >= 4 is 0 Å². The average molecular weight is 246 g/mol. The van der Waals surface area contributed by atoms with Crippen LogP contribution in [0.2, 0.25) is 0 Å². The van der Waals surface area contributed by atoms with Gasteiger partial charge in [0.15, 0.2) is 0 Å². The number of rotatable bonds is 5. The van der Waals surface area contributed by atoms with Gasteiger partial charge in [-0.15, -0.1) is 0 Å². The molecule has 1 aromatic rings. The van der Waals surface area contributed by atoms with Crippen LogP contribution in [0.1, 0.15) is 36.8 Å². The van der Waals surface area contributed by atoms with Gasteiger partial charge in [0.2, 0.25) is 0 Å². The molecule has 0 heterocycles. The first-order chi connectivity index (χ1) is 8.58. The van der Waals surface area contributed by atoms with E-state index >= 15 is 0 Å². The Morgan fingerprint density at radius 1 is 1.28 bits per heavy atom. The summed E-state index contributed by atoms with van der Waals surface area (Å²) < 4.78 is 0. The van der Waals surface area contributed by atoms with Gasteiger partial charge in [-0.1, -0.05) is 24.3 Å². The van der Waals surface area contributed by atoms with Crippen LogP contribution in [0.15, 0.2) is 24.3 Å². The van der Waals surface area contributed by atoms with Crippen LogP contribution in [-0.2, 0) is 0 Å². The number of aryl methyl sites for hydroxylation is 1. The molecule has 0 saturated heterocycles. The first-order valence-corrected chi connectivity index (χ1v) is 7.03. The molecule has 0 aromatic heterocycles. The number of hydrogen-bond acceptors (Lipinski definition) is 2. The van der Waals surface area contributed by atoms with Crippen LogP contribution in [0.25, 0.3) is 0 Å². The van der Waals surface area contributed by atoms with E-state index in [2.05, 4.69) is 62.4 Å². The third-order valence-corrected chi connectivity index (χ3v) is 4.35. The van der Waals surface area contributed by atoms with Crippen molar-refractivity contribution in [2.24, 2.45) is 0 Å². The normalized spacial score (nSPS) is 24.9. The van der Waals surface area contributed by atoms with Crippen LogP contribution < -0.4 is 5.32 Å². The highest BCUT2D eigenvalue weighted by Gasteiger charge is 2.30. The first-order valence-electron chi connectivity index (χ1n) is 7.03. The molecule has 1 aliphatic rings. The van der Waals surface area contributed by atoms with E-state index in [9.17, 15) is 0 Å². The van der Waals surface area contributed by atoms with Gasteiger partial charge in [-0.3, -0.25) is 0 Å². The lowest BCUT2D eigenvalue weighted by molar-refractivity contribution is 0.245. The maximum Gasteiger partial charge on any atom is 0.0186 e. The molecule has 18 heavy (non-hydrogen) atoms. The molecule has 1 atom stereocenters. The molecule has 1 aliphatic carbocycles. The van der Waals surface area contributed by atoms with Crippen LogP contribution >= 0.6 is 0 Å². The van der Waals surface area contributed by atoms with Gasteiger partial charge in [0.1, 0.15) is 0 Å². The van der Waals surface area contributed by atoms with Gasteiger partial charge in [-0.2, -0.15) is 0 Å². The van der Waals surface area contributed by atoms with Crippen molar-refractivity contribution in [3.63, 3.8) is 0 Å². The lowest BCUT2D eigenvalue weighted by Gasteiger charge is -2.38. The minimum atomic E-state index is 0.613. The lowest BCUT2D eigenvalue weighted by atomic mass is 9.74. The fourth-order valence-corrected chi connectivity index (χ4v) is 2.60. The van der Waals surface area contributed by atoms with Gasteiger partial charge in [0.05, 0.1) is 0 Å². The highest BCUT2D eigenvalue weighted by Crippen LogP contribution is 2.38. The van der Waals surface area contributed by atoms with Gasteiger partial charge in [0.25, 0.3) is 0 Å². The van der Waals surface area contributed by atoms with Crippen LogP contribution in [0.3, 0.4) is 0 Å². The second-order valence-electron chi connectivity index (χ2n) is 5.94. The summed E-state index contributed by atoms with van der Waals surface area (Å²) in [7, 11) is 4.28. The smallest absolute Gasteiger partial charge is 0.0186 e. The predicted octanol–water partition coefficient (Wildman–Crippen LogP) is 2.78. The quantitative estimate of drug-likeness (QED) is 0.859. The SMILES string of the molecule is Cc1ccccc1C1CC(NCC(C)N(C)C)C1. The molecular weight excluding hydrogens is 220 g/mol. The summed E-state index contributed by atoms with van der Waals surface area (Å²) >= 11 is 0. The van der Waals surface area contributed by atoms with Gasteiger partial charge in [-0.05, 0) is 57.8 Å². The third kappa shape index (κ3) is 3.12. The van der Waals surface area contributed by atoms with Crippen molar-refractivity contribution < 1.29 is 0 Å². The second kappa shape index (κ2) is 5.85. The summed E-state index contributed by atoms with van der Waals surface area (Å²) in [4.78, 5) is 2.27. The molecule has 1 N–H and O–H groups in total. The number of nitrogens with zero attached hydrogens (tertiary/aromatic N) is 1. The molecular formula is C16H26N2. The number of likely N-dealkylation sites (N-methyl/N-ethyl adjacent to an activating group) is 1. The minimum Gasteiger partial charge on any atom is -0.312 e. The van der Waals surface area contributed by atoms with Gasteiger partial charge >= 0.3 is 0 Å². The highest BCUT2D eigenvalue weighted by molar-refractivity contribution is 5.31. The van der Waals surface area contributed by atoms with E-state index in [0.29, 0.717) is 6.04 Å². The molecule has 1 saturated carbocycles. The fourth-order valence-electron chi connectivity index (χ4n) is 2.60. The number of nitrogens with one attached hydrogen (secondary N) is 1. The molecule has 2 heteroatoms. The average Bonchev–Trinajstić information content (AvgIpc) is 2.28. The molecule has 0 bridgehead atoms. The van der Waals surface area contributed by atoms with E-state index in [1.54, 1.807) is 5.56 Å². The standard InChI is InChI=1S/C16H26N2/c1-12-7-5-6-8-16(12)14-9-15(10-14)17-11-13(2)18(3)4/h5-8,13-15,17H,9-11H2,1-4H3. The van der Waals surface area contributed by atoms with Crippen LogP contribution in [0, 0.1) is 6.92 Å². The van der Waals surface area contributed by atoms with Crippen molar-refractivity contribution in [3.8, 4) is 0 Å². The van der Waals surface area contributed by atoms with E-state index in [4.69, 9.17) is 0 Å². The maximum atomic E-state index is 3.68. The highest BCUT2D eigenvalue weighted by atomic mass is 15.1. The second-order valence-corrected chi connectivity index (χ2v) is 5.94. The van der Waals surface area contributed by atoms with Gasteiger partial charge < -0.3 is 10.2 Å². The summed E-state index contributed by atoms with van der Waals surface area (Å²) in [6.45, 7) is 5.59. The largest absolute Gasteiger partial charge is 0.312 e. The summed E-state index contributed by atoms with van der Waals surface area (Å²) in [5.74, 6) is 0.776. The monoisotopic (exact) mass is 246 g/mol. The van der Waals surface area contributed by atoms with Crippen molar-refractivity contribution in [2.45, 2.75) is 44.7 Å². The third-order valence-electron chi connectivity index (χ3n) is 4.35. The molecule has 0 radical (unpaired) electrons. The topological polar surface area (TPSA) is 15.3 Å². The Kier molecular flexibility index (Phi) is 4.41. The zero-order chi connectivity index (χ0) is 13.1. The maximum absolute atomic E-state index is 3.68. The summed E-state index contributed by atoms with van der Waals surface area (Å²) in [6.07, 6.45) is 2.59. The van der Waals surface area contributed by atoms with E-state index < -0.39 is 0 Å². The van der Waals surface area contributed by atoms with E-state index in [0.717, 1.165) is 18.5 Å². The Balaban J connectivity index is 1.76. The molecule has 2 nitrogen and oxygen atoms in total. The zero-order valence-corrected chi connectivity index (χ0v) is 12.1. The van der Waals surface area contributed by atoms with Gasteiger partial charge in [0, 0.05) is 18.6 Å². The zero-order valence-electron chi connectivity index (χ0n) is 12.1. The van der Waals surface area contributed by atoms with Gasteiger partial charge in [-0.25, -0.2) is 0 Å². The molecule has 0 aliphatic heterocycles. The molecule has 2 rings (SSSR count). The summed E-state index contributed by atoms with van der Waals surface area (Å²) in [5, 5.41) is 3.68. The predicted molar refractivity (Wildman–Crippen MR) is 78.1 cm³/mol. The summed E-state index contributed by atoms with van der Waals surface area (Å²) in [6, 6.07) is 10.1. The molecule has 1 fully saturated rings. The molecule has 0 spiro atoms. The molecule has 1 unspecified atom stereocenters. The Morgan fingerprint density at radius 2 is 1.94 bits per heavy atom. The van der Waals surface area contributed by atoms with Crippen molar-refractivity contribution in [3.05, 3.63) is 35.4 Å². The Morgan fingerprint density at radius 3 is 2.56 bits per heavy atom. The Bertz CT molecular complexity index is 380. The van der Waals surface area contributed by atoms with Crippen LogP contribution in [-0.4, -0.2) is 37.6 Å². The number of benzene rings is 1. The first kappa shape index (κ1) is 13.6. The van der Waals surface area contributed by atoms with E-state index in [1.165, 1.54) is 18.4 Å². The molecule has 100 valence electrons. The van der Waals surface area contributed by atoms with Crippen LogP contribution in [0.4, 0.5) is 0 Å². The van der Waals surface area contributed by atoms with E-state index in [-0.39, 0.29) is 0 Å². The lowest BCUT2D eigenvalue weighted by Crippen LogP contribution is -2.45. The van der Waals surface area contributed by atoms with Crippen LogP contribution in [0.5, 0.6) is 0 Å². The Labute approximate surface area is 111 Å². The van der Waals surface area contributed by atoms with Crippen molar-refractivity contribution in [2.75, 3.05) is 20.6 Å². The Hall–Kier alpha value is -0.860. The van der Waals surface area contributed by atoms with Crippen molar-refractivity contribution in [1.82, 2.24) is 10.2 Å². The number of hydrogen-bond donors (Lipinski definition) is 1. The summed E-state index contributed by atoms with van der Waals surface area (Å²) in [5.41, 5.74) is 3.00. The van der Waals surface area contributed by atoms with E-state index in [1.807, 2.05) is 0 Å². The molecule has 0 amide bonds. The molecule has 1 aromatic carbocycles. The van der Waals surface area contributed by atoms with Crippen molar-refractivity contribution in [1.29, 1.82) is 0 Å².